The Morgan fingerprint density at radius 2 is 1.93 bits per heavy atom. The minimum absolute atomic E-state index is 0.270. The normalized spacial score (nSPS) is 10.7. The van der Waals surface area contributed by atoms with Crippen molar-refractivity contribution in [2.24, 2.45) is 7.05 Å². The lowest BCUT2D eigenvalue weighted by Gasteiger charge is -2.11. The highest BCUT2D eigenvalue weighted by atomic mass is 16.2. The van der Waals surface area contributed by atoms with Gasteiger partial charge in [0.15, 0.2) is 5.82 Å². The van der Waals surface area contributed by atoms with E-state index in [0.29, 0.717) is 28.2 Å². The summed E-state index contributed by atoms with van der Waals surface area (Å²) in [5, 5.41) is 3.06. The molecule has 1 amide bonds. The van der Waals surface area contributed by atoms with Gasteiger partial charge in [0.05, 0.1) is 22.7 Å². The van der Waals surface area contributed by atoms with E-state index in [9.17, 15) is 9.59 Å². The van der Waals surface area contributed by atoms with Gasteiger partial charge in [-0.15, -0.1) is 0 Å². The fourth-order valence-corrected chi connectivity index (χ4v) is 2.74. The number of amides is 1. The molecule has 4 rings (SSSR count). The van der Waals surface area contributed by atoms with Gasteiger partial charge in [0.1, 0.15) is 11.5 Å². The van der Waals surface area contributed by atoms with Crippen molar-refractivity contribution in [1.29, 1.82) is 0 Å². The molecule has 4 aromatic rings. The Hall–Kier alpha value is -3.94. The number of carbonyl (C=O) groups excluding carboxylic acids is 1. The highest BCUT2D eigenvalue weighted by Crippen LogP contribution is 2.19. The van der Waals surface area contributed by atoms with Gasteiger partial charge in [-0.3, -0.25) is 19.1 Å². The lowest BCUT2D eigenvalue weighted by Crippen LogP contribution is -2.22. The maximum atomic E-state index is 12.8. The van der Waals surface area contributed by atoms with Gasteiger partial charge >= 0.3 is 0 Å². The lowest BCUT2D eigenvalue weighted by atomic mass is 10.1. The molecule has 0 aliphatic rings. The first kappa shape index (κ1) is 16.5. The maximum Gasteiger partial charge on any atom is 0.261 e. The van der Waals surface area contributed by atoms with Crippen molar-refractivity contribution >= 4 is 22.6 Å². The summed E-state index contributed by atoms with van der Waals surface area (Å²) >= 11 is 0. The van der Waals surface area contributed by atoms with Crippen LogP contribution >= 0.6 is 0 Å². The van der Waals surface area contributed by atoms with E-state index in [-0.39, 0.29) is 11.1 Å². The summed E-state index contributed by atoms with van der Waals surface area (Å²) in [4.78, 5) is 42.4. The van der Waals surface area contributed by atoms with Gasteiger partial charge < -0.3 is 5.32 Å². The number of benzene rings is 1. The van der Waals surface area contributed by atoms with Gasteiger partial charge in [0.2, 0.25) is 0 Å². The molecule has 0 aliphatic carbocycles. The van der Waals surface area contributed by atoms with Crippen molar-refractivity contribution in [3.63, 3.8) is 0 Å². The zero-order valence-corrected chi connectivity index (χ0v) is 14.3. The molecule has 0 saturated heterocycles. The summed E-state index contributed by atoms with van der Waals surface area (Å²) in [5.74, 6) is 0.348. The molecule has 27 heavy (non-hydrogen) atoms. The van der Waals surface area contributed by atoms with E-state index >= 15 is 0 Å². The van der Waals surface area contributed by atoms with Gasteiger partial charge in [0.25, 0.3) is 11.5 Å². The zero-order chi connectivity index (χ0) is 18.8. The monoisotopic (exact) mass is 358 g/mol. The van der Waals surface area contributed by atoms with Crippen molar-refractivity contribution in [3.8, 4) is 11.5 Å². The molecule has 0 saturated carbocycles. The first-order valence-electron chi connectivity index (χ1n) is 8.13. The third-order valence-electron chi connectivity index (χ3n) is 4.05. The fourth-order valence-electron chi connectivity index (χ4n) is 2.74. The number of para-hydroxylation sites is 1. The lowest BCUT2D eigenvalue weighted by molar-refractivity contribution is 0.102. The van der Waals surface area contributed by atoms with E-state index in [1.807, 2.05) is 0 Å². The molecule has 0 unspecified atom stereocenters. The number of pyridine rings is 1. The number of fused-ring (bicyclic) bond motifs is 1. The van der Waals surface area contributed by atoms with Gasteiger partial charge in [0, 0.05) is 25.6 Å². The molecule has 1 aromatic carbocycles. The Balaban J connectivity index is 1.88. The van der Waals surface area contributed by atoms with Crippen LogP contribution in [0.1, 0.15) is 10.4 Å². The zero-order valence-electron chi connectivity index (χ0n) is 14.3. The molecule has 0 spiro atoms. The van der Waals surface area contributed by atoms with Crippen LogP contribution in [-0.2, 0) is 7.05 Å². The van der Waals surface area contributed by atoms with E-state index in [2.05, 4.69) is 25.3 Å². The van der Waals surface area contributed by atoms with Crippen molar-refractivity contribution in [2.75, 3.05) is 5.32 Å². The van der Waals surface area contributed by atoms with E-state index in [4.69, 9.17) is 0 Å². The molecule has 1 N–H and O–H groups in total. The van der Waals surface area contributed by atoms with Crippen molar-refractivity contribution in [3.05, 3.63) is 77.1 Å². The molecule has 0 bridgehead atoms. The summed E-state index contributed by atoms with van der Waals surface area (Å²) in [6.45, 7) is 0. The summed E-state index contributed by atoms with van der Waals surface area (Å²) in [6, 6.07) is 10.1. The number of aromatic nitrogens is 5. The molecule has 132 valence electrons. The van der Waals surface area contributed by atoms with E-state index in [0.717, 1.165) is 0 Å². The van der Waals surface area contributed by atoms with Crippen LogP contribution in [0.3, 0.4) is 0 Å². The number of rotatable bonds is 3. The van der Waals surface area contributed by atoms with Gasteiger partial charge in [-0.1, -0.05) is 12.1 Å². The summed E-state index contributed by atoms with van der Waals surface area (Å²) in [6.07, 6.45) is 6.16. The largest absolute Gasteiger partial charge is 0.306 e. The Kier molecular flexibility index (Phi) is 4.13. The highest BCUT2D eigenvalue weighted by molar-refractivity contribution is 6.11. The van der Waals surface area contributed by atoms with Crippen LogP contribution in [0.2, 0.25) is 0 Å². The van der Waals surface area contributed by atoms with Crippen LogP contribution in [0.5, 0.6) is 0 Å². The molecule has 0 atom stereocenters. The second-order valence-electron chi connectivity index (χ2n) is 5.76. The first-order chi connectivity index (χ1) is 13.1. The standard InChI is InChI=1S/C19H14N6O2/c1-25-17(14-11-20-9-10-21-14)24-16-12(5-4-6-13(16)19(25)27)18(26)23-15-7-2-3-8-22-15/h2-11H,1H3,(H,22,23,26). The molecule has 8 nitrogen and oxygen atoms in total. The number of nitrogens with zero attached hydrogens (tertiary/aromatic N) is 5. The second-order valence-corrected chi connectivity index (χ2v) is 5.76. The van der Waals surface area contributed by atoms with Crippen molar-refractivity contribution < 1.29 is 4.79 Å². The van der Waals surface area contributed by atoms with Crippen molar-refractivity contribution in [2.45, 2.75) is 0 Å². The fraction of sp³-hybridized carbons (Fsp3) is 0.0526. The Labute approximate surface area is 153 Å². The SMILES string of the molecule is Cn1c(-c2cnccn2)nc2c(C(=O)Nc3ccccn3)cccc2c1=O. The van der Waals surface area contributed by atoms with Crippen LogP contribution < -0.4 is 10.9 Å². The maximum absolute atomic E-state index is 12.8. The van der Waals surface area contributed by atoms with Crippen LogP contribution in [0.15, 0.2) is 66.0 Å². The molecule has 0 radical (unpaired) electrons. The van der Waals surface area contributed by atoms with Crippen LogP contribution in [0.25, 0.3) is 22.4 Å². The predicted molar refractivity (Wildman–Crippen MR) is 100 cm³/mol. The van der Waals surface area contributed by atoms with Crippen LogP contribution in [0, 0.1) is 0 Å². The number of carbonyl (C=O) groups is 1. The molecular weight excluding hydrogens is 344 g/mol. The third-order valence-corrected chi connectivity index (χ3v) is 4.05. The smallest absolute Gasteiger partial charge is 0.261 e. The van der Waals surface area contributed by atoms with Gasteiger partial charge in [-0.05, 0) is 24.3 Å². The molecule has 3 aromatic heterocycles. The second kappa shape index (κ2) is 6.75. The Morgan fingerprint density at radius 1 is 1.04 bits per heavy atom. The average Bonchev–Trinajstić information content (AvgIpc) is 2.71. The average molecular weight is 358 g/mol. The number of nitrogens with one attached hydrogen (secondary N) is 1. The predicted octanol–water partition coefficient (Wildman–Crippen LogP) is 2.04. The number of hydrogen-bond donors (Lipinski definition) is 1. The van der Waals surface area contributed by atoms with Gasteiger partial charge in [-0.2, -0.15) is 0 Å². The molecule has 0 fully saturated rings. The quantitative estimate of drug-likeness (QED) is 0.601. The van der Waals surface area contributed by atoms with E-state index in [1.54, 1.807) is 49.6 Å². The number of hydrogen-bond acceptors (Lipinski definition) is 6. The topological polar surface area (TPSA) is 103 Å². The summed E-state index contributed by atoms with van der Waals surface area (Å²) in [5.41, 5.74) is 0.753. The molecule has 8 heteroatoms. The van der Waals surface area contributed by atoms with E-state index in [1.165, 1.54) is 23.2 Å². The summed E-state index contributed by atoms with van der Waals surface area (Å²) in [7, 11) is 1.61. The minimum Gasteiger partial charge on any atom is -0.306 e. The first-order valence-corrected chi connectivity index (χ1v) is 8.13. The summed E-state index contributed by atoms with van der Waals surface area (Å²) < 4.78 is 1.40. The molecular formula is C19H14N6O2. The highest BCUT2D eigenvalue weighted by Gasteiger charge is 2.17. The van der Waals surface area contributed by atoms with E-state index < -0.39 is 5.91 Å². The third kappa shape index (κ3) is 3.04. The van der Waals surface area contributed by atoms with Crippen LogP contribution in [0.4, 0.5) is 5.82 Å². The van der Waals surface area contributed by atoms with Crippen LogP contribution in [-0.4, -0.2) is 30.4 Å². The molecule has 0 aliphatic heterocycles. The molecule has 3 heterocycles. The van der Waals surface area contributed by atoms with Gasteiger partial charge in [-0.25, -0.2) is 15.0 Å². The Morgan fingerprint density at radius 3 is 2.67 bits per heavy atom. The van der Waals surface area contributed by atoms with Crippen molar-refractivity contribution in [1.82, 2.24) is 24.5 Å². The Bertz CT molecular complexity index is 1190. The number of anilines is 1. The minimum atomic E-state index is -0.398.